The van der Waals surface area contributed by atoms with Gasteiger partial charge in [0, 0.05) is 17.0 Å². The Morgan fingerprint density at radius 3 is 2.58 bits per heavy atom. The van der Waals surface area contributed by atoms with Crippen molar-refractivity contribution in [2.45, 2.75) is 6.42 Å². The van der Waals surface area contributed by atoms with Gasteiger partial charge in [0.1, 0.15) is 5.82 Å². The van der Waals surface area contributed by atoms with Gasteiger partial charge in [-0.2, -0.15) is 16.4 Å². The Kier molecular flexibility index (Phi) is 6.98. The first-order valence-electron chi connectivity index (χ1n) is 9.75. The van der Waals surface area contributed by atoms with Gasteiger partial charge >= 0.3 is 12.0 Å². The topological polar surface area (TPSA) is 85.2 Å². The number of halogens is 2. The van der Waals surface area contributed by atoms with Crippen molar-refractivity contribution in [3.8, 4) is 16.9 Å². The molecule has 0 spiro atoms. The zero-order valence-corrected chi connectivity index (χ0v) is 19.7. The molecule has 0 radical (unpaired) electrons. The van der Waals surface area contributed by atoms with E-state index in [4.69, 9.17) is 27.9 Å². The Bertz CT molecular complexity index is 1290. The number of thiophene rings is 1. The van der Waals surface area contributed by atoms with Crippen molar-refractivity contribution in [2.75, 3.05) is 17.7 Å². The number of rotatable bonds is 6. The zero-order chi connectivity index (χ0) is 23.4. The van der Waals surface area contributed by atoms with E-state index in [1.165, 1.54) is 7.11 Å². The number of hydrogen-bond acceptors (Lipinski definition) is 5. The third-order valence-electron chi connectivity index (χ3n) is 4.72. The summed E-state index contributed by atoms with van der Waals surface area (Å²) in [5.41, 5.74) is 3.53. The first-order valence-corrected chi connectivity index (χ1v) is 11.5. The van der Waals surface area contributed by atoms with E-state index in [0.29, 0.717) is 27.9 Å². The summed E-state index contributed by atoms with van der Waals surface area (Å²) >= 11 is 13.8. The minimum atomic E-state index is -0.500. The van der Waals surface area contributed by atoms with Crippen LogP contribution in [0.4, 0.5) is 16.3 Å². The Balaban J connectivity index is 1.62. The fraction of sp³-hybridized carbons (Fsp3) is 0.0870. The molecule has 0 aliphatic rings. The summed E-state index contributed by atoms with van der Waals surface area (Å²) in [7, 11) is 1.35. The number of carbonyl (C=O) groups is 2. The van der Waals surface area contributed by atoms with Crippen molar-refractivity contribution >= 4 is 58.0 Å². The number of amides is 2. The van der Waals surface area contributed by atoms with Gasteiger partial charge in [0.2, 0.25) is 0 Å². The van der Waals surface area contributed by atoms with Gasteiger partial charge in [0.15, 0.2) is 0 Å². The van der Waals surface area contributed by atoms with Crippen LogP contribution in [0.1, 0.15) is 5.56 Å². The predicted octanol–water partition coefficient (Wildman–Crippen LogP) is 6.27. The minimum Gasteiger partial charge on any atom is -0.469 e. The highest BCUT2D eigenvalue weighted by Crippen LogP contribution is 2.30. The molecule has 0 aliphatic carbocycles. The number of esters is 1. The van der Waals surface area contributed by atoms with Crippen molar-refractivity contribution < 1.29 is 14.3 Å². The van der Waals surface area contributed by atoms with Gasteiger partial charge in [0.25, 0.3) is 0 Å². The molecule has 0 saturated carbocycles. The van der Waals surface area contributed by atoms with Crippen LogP contribution in [0.25, 0.3) is 16.9 Å². The van der Waals surface area contributed by atoms with Gasteiger partial charge in [-0.1, -0.05) is 41.4 Å². The van der Waals surface area contributed by atoms with Gasteiger partial charge in [-0.3, -0.25) is 10.1 Å². The highest BCUT2D eigenvalue weighted by molar-refractivity contribution is 7.08. The van der Waals surface area contributed by atoms with E-state index in [-0.39, 0.29) is 17.4 Å². The van der Waals surface area contributed by atoms with E-state index in [2.05, 4.69) is 15.7 Å². The fourth-order valence-corrected chi connectivity index (χ4v) is 4.08. The number of aromatic nitrogens is 2. The lowest BCUT2D eigenvalue weighted by molar-refractivity contribution is -0.139. The maximum atomic E-state index is 12.7. The molecule has 10 heteroatoms. The van der Waals surface area contributed by atoms with Crippen LogP contribution in [0.3, 0.4) is 0 Å². The molecule has 2 aromatic carbocycles. The summed E-state index contributed by atoms with van der Waals surface area (Å²) in [6, 6.07) is 15.5. The molecule has 7 nitrogen and oxygen atoms in total. The molecule has 2 N–H and O–H groups in total. The first kappa shape index (κ1) is 22.8. The summed E-state index contributed by atoms with van der Waals surface area (Å²) in [6.45, 7) is 0. The Labute approximate surface area is 203 Å². The number of nitrogens with one attached hydrogen (secondary N) is 2. The van der Waals surface area contributed by atoms with Crippen LogP contribution in [0, 0.1) is 0 Å². The number of carbonyl (C=O) groups excluding carboxylic acids is 2. The van der Waals surface area contributed by atoms with Crippen LogP contribution in [0.15, 0.2) is 65.4 Å². The van der Waals surface area contributed by atoms with E-state index >= 15 is 0 Å². The lowest BCUT2D eigenvalue weighted by Gasteiger charge is -2.11. The molecule has 0 aliphatic heterocycles. The maximum Gasteiger partial charge on any atom is 0.324 e. The molecule has 0 fully saturated rings. The van der Waals surface area contributed by atoms with Crippen LogP contribution >= 0.6 is 34.5 Å². The third kappa shape index (κ3) is 5.36. The lowest BCUT2D eigenvalue weighted by Crippen LogP contribution is -2.21. The number of hydrogen-bond donors (Lipinski definition) is 2. The normalized spacial score (nSPS) is 10.6. The van der Waals surface area contributed by atoms with Crippen LogP contribution in [-0.2, 0) is 16.0 Å². The van der Waals surface area contributed by atoms with Gasteiger partial charge in [-0.25, -0.2) is 9.48 Å². The molecule has 2 aromatic heterocycles. The van der Waals surface area contributed by atoms with E-state index in [1.807, 2.05) is 41.1 Å². The molecular formula is C23H18Cl2N4O3S. The predicted molar refractivity (Wildman–Crippen MR) is 132 cm³/mol. The molecule has 0 unspecified atom stereocenters. The smallest absolute Gasteiger partial charge is 0.324 e. The third-order valence-corrected chi connectivity index (χ3v) is 6.23. The van der Waals surface area contributed by atoms with Gasteiger partial charge < -0.3 is 10.1 Å². The highest BCUT2D eigenvalue weighted by Gasteiger charge is 2.16. The highest BCUT2D eigenvalue weighted by atomic mass is 35.5. The van der Waals surface area contributed by atoms with Crippen LogP contribution < -0.4 is 10.6 Å². The molecule has 0 saturated heterocycles. The molecule has 2 heterocycles. The van der Waals surface area contributed by atoms with E-state index in [9.17, 15) is 9.59 Å². The molecule has 2 amide bonds. The van der Waals surface area contributed by atoms with Crippen molar-refractivity contribution in [3.63, 3.8) is 0 Å². The average Bonchev–Trinajstić information content (AvgIpc) is 3.48. The minimum absolute atomic E-state index is 0.171. The number of methoxy groups -OCH3 is 1. The quantitative estimate of drug-likeness (QED) is 0.305. The second-order valence-corrected chi connectivity index (χ2v) is 8.50. The second kappa shape index (κ2) is 10.1. The first-order chi connectivity index (χ1) is 15.9. The number of urea groups is 1. The summed E-state index contributed by atoms with van der Waals surface area (Å²) in [5, 5.41) is 14.7. The van der Waals surface area contributed by atoms with Gasteiger partial charge in [-0.05, 0) is 41.3 Å². The van der Waals surface area contributed by atoms with Crippen molar-refractivity contribution in [1.29, 1.82) is 0 Å². The Morgan fingerprint density at radius 1 is 1.09 bits per heavy atom. The summed E-state index contributed by atoms with van der Waals surface area (Å²) in [5.74, 6) is 0.132. The Hall–Kier alpha value is -3.33. The molecule has 33 heavy (non-hydrogen) atoms. The average molecular weight is 501 g/mol. The molecule has 4 rings (SSSR count). The van der Waals surface area contributed by atoms with Gasteiger partial charge in [0.05, 0.1) is 40.6 Å². The largest absolute Gasteiger partial charge is 0.469 e. The summed E-state index contributed by atoms with van der Waals surface area (Å²) in [6.07, 6.45) is 0.171. The molecular weight excluding hydrogens is 483 g/mol. The summed E-state index contributed by atoms with van der Waals surface area (Å²) < 4.78 is 6.33. The Morgan fingerprint density at radius 2 is 1.88 bits per heavy atom. The van der Waals surface area contributed by atoms with Crippen molar-refractivity contribution in [3.05, 3.63) is 81.0 Å². The fourth-order valence-electron chi connectivity index (χ4n) is 3.08. The molecule has 0 bridgehead atoms. The molecule has 168 valence electrons. The lowest BCUT2D eigenvalue weighted by atomic mass is 10.1. The molecule has 4 aromatic rings. The second-order valence-electron chi connectivity index (χ2n) is 6.94. The number of anilines is 2. The molecule has 0 atom stereocenters. The maximum absolute atomic E-state index is 12.7. The number of ether oxygens (including phenoxy) is 1. The van der Waals surface area contributed by atoms with Gasteiger partial charge in [-0.15, -0.1) is 0 Å². The van der Waals surface area contributed by atoms with E-state index in [1.54, 1.807) is 40.3 Å². The van der Waals surface area contributed by atoms with Crippen LogP contribution in [0.5, 0.6) is 0 Å². The van der Waals surface area contributed by atoms with Crippen LogP contribution in [-0.4, -0.2) is 28.9 Å². The van der Waals surface area contributed by atoms with E-state index in [0.717, 1.165) is 11.1 Å². The van der Waals surface area contributed by atoms with Crippen molar-refractivity contribution in [1.82, 2.24) is 9.78 Å². The van der Waals surface area contributed by atoms with Crippen molar-refractivity contribution in [2.24, 2.45) is 0 Å². The SMILES string of the molecule is COC(=O)Cc1ccc(-n2nc(-c3ccsc3)cc2NC(=O)Nc2cccc(Cl)c2Cl)cc1. The van der Waals surface area contributed by atoms with E-state index < -0.39 is 6.03 Å². The number of benzene rings is 2. The zero-order valence-electron chi connectivity index (χ0n) is 17.3. The number of nitrogens with zero attached hydrogens (tertiary/aromatic N) is 2. The standard InChI is InChI=1S/C23H18Cl2N4O3S/c1-32-21(30)11-14-5-7-16(8-6-14)29-20(12-19(28-29)15-9-10-33-13-15)27-23(31)26-18-4-2-3-17(24)22(18)25/h2-10,12-13H,11H2,1H3,(H2,26,27,31). The monoisotopic (exact) mass is 500 g/mol. The van der Waals surface area contributed by atoms with Crippen LogP contribution in [0.2, 0.25) is 10.0 Å². The summed E-state index contributed by atoms with van der Waals surface area (Å²) in [4.78, 5) is 24.2.